The van der Waals surface area contributed by atoms with E-state index in [0.29, 0.717) is 28.4 Å². The Morgan fingerprint density at radius 2 is 1.80 bits per heavy atom. The first-order valence-electron chi connectivity index (χ1n) is 12.8. The molecule has 0 aliphatic rings. The highest BCUT2D eigenvalue weighted by molar-refractivity contribution is 5.97. The number of fused-ring (bicyclic) bond motifs is 1. The molecule has 1 amide bonds. The van der Waals surface area contributed by atoms with E-state index in [-0.39, 0.29) is 30.5 Å². The summed E-state index contributed by atoms with van der Waals surface area (Å²) in [4.78, 5) is 34.7. The highest BCUT2D eigenvalue weighted by atomic mass is 16.5. The first-order valence-corrected chi connectivity index (χ1v) is 12.8. The molecule has 4 rings (SSSR count). The zero-order chi connectivity index (χ0) is 28.9. The summed E-state index contributed by atoms with van der Waals surface area (Å²) in [6.45, 7) is 7.93. The van der Waals surface area contributed by atoms with Crippen molar-refractivity contribution in [3.05, 3.63) is 83.1 Å². The topological polar surface area (TPSA) is 153 Å². The third kappa shape index (κ3) is 6.36. The number of aromatic nitrogens is 4. The maximum Gasteiger partial charge on any atom is 0.335 e. The van der Waals surface area contributed by atoms with Gasteiger partial charge in [-0.2, -0.15) is 5.26 Å². The van der Waals surface area contributed by atoms with Gasteiger partial charge in [-0.25, -0.2) is 14.8 Å². The maximum atomic E-state index is 13.6. The number of nitrogens with one attached hydrogen (secondary N) is 2. The van der Waals surface area contributed by atoms with Crippen molar-refractivity contribution in [1.82, 2.24) is 29.7 Å². The second kappa shape index (κ2) is 11.8. The molecular weight excluding hydrogens is 508 g/mol. The fourth-order valence-corrected chi connectivity index (χ4v) is 4.50. The van der Waals surface area contributed by atoms with E-state index in [0.717, 1.165) is 0 Å². The number of hydrogen-bond acceptors (Lipinski definition) is 8. The number of ether oxygens (including phenoxy) is 1. The van der Waals surface area contributed by atoms with Gasteiger partial charge in [0.1, 0.15) is 35.0 Å². The molecular formula is C29H32N8O3. The van der Waals surface area contributed by atoms with Gasteiger partial charge in [0.2, 0.25) is 0 Å². The Labute approximate surface area is 231 Å². The number of anilines is 1. The molecule has 0 saturated carbocycles. The largest absolute Gasteiger partial charge is 0.457 e. The lowest BCUT2D eigenvalue weighted by atomic mass is 10.00. The van der Waals surface area contributed by atoms with Crippen molar-refractivity contribution < 1.29 is 9.53 Å². The van der Waals surface area contributed by atoms with E-state index in [9.17, 15) is 14.9 Å². The number of carbonyl (C=O) groups excluding carboxylic acids is 1. The molecule has 0 fully saturated rings. The molecule has 0 aliphatic heterocycles. The molecule has 2 heterocycles. The number of imidazole rings is 1. The molecule has 0 atom stereocenters. The number of amides is 1. The smallest absolute Gasteiger partial charge is 0.335 e. The van der Waals surface area contributed by atoms with E-state index in [1.54, 1.807) is 30.3 Å². The molecule has 4 aromatic rings. The Bertz CT molecular complexity index is 1630. The predicted molar refractivity (Wildman–Crippen MR) is 153 cm³/mol. The van der Waals surface area contributed by atoms with Crippen LogP contribution in [-0.2, 0) is 11.3 Å². The molecule has 0 unspecified atom stereocenters. The summed E-state index contributed by atoms with van der Waals surface area (Å²) in [6, 6.07) is 18.5. The van der Waals surface area contributed by atoms with E-state index in [2.05, 4.69) is 20.6 Å². The van der Waals surface area contributed by atoms with Crippen molar-refractivity contribution >= 4 is 22.9 Å². The van der Waals surface area contributed by atoms with Gasteiger partial charge in [-0.15, -0.1) is 0 Å². The summed E-state index contributed by atoms with van der Waals surface area (Å²) in [5.74, 6) is 0.912. The van der Waals surface area contributed by atoms with Gasteiger partial charge < -0.3 is 21.1 Å². The summed E-state index contributed by atoms with van der Waals surface area (Å²) in [6.07, 6.45) is 2.88. The molecule has 4 N–H and O–H groups in total. The zero-order valence-corrected chi connectivity index (χ0v) is 22.9. The Hall–Kier alpha value is -4.95. The van der Waals surface area contributed by atoms with E-state index in [4.69, 9.17) is 10.5 Å². The second-order valence-electron chi connectivity index (χ2n) is 10.1. The van der Waals surface area contributed by atoms with Gasteiger partial charge in [-0.3, -0.25) is 13.9 Å². The van der Waals surface area contributed by atoms with Crippen LogP contribution in [0.5, 0.6) is 11.5 Å². The summed E-state index contributed by atoms with van der Waals surface area (Å²) < 4.78 is 8.70. The van der Waals surface area contributed by atoms with Gasteiger partial charge >= 0.3 is 5.69 Å². The summed E-state index contributed by atoms with van der Waals surface area (Å²) >= 11 is 0. The van der Waals surface area contributed by atoms with Crippen LogP contribution in [0.4, 0.5) is 5.82 Å². The van der Waals surface area contributed by atoms with Crippen LogP contribution in [0.1, 0.15) is 27.7 Å². The third-order valence-corrected chi connectivity index (χ3v) is 5.96. The van der Waals surface area contributed by atoms with E-state index in [1.807, 2.05) is 64.1 Å². The predicted octanol–water partition coefficient (Wildman–Crippen LogP) is 3.30. The quantitative estimate of drug-likeness (QED) is 0.205. The molecule has 0 bridgehead atoms. The van der Waals surface area contributed by atoms with E-state index in [1.165, 1.54) is 15.5 Å². The SMILES string of the molecule is CC(C)NC(C)(C)C=C(C#N)C(=O)NCCn1c(=O)n(-c2ccc(Oc3ccccc3)cc2)c2c(N)ncnc21. The average molecular weight is 541 g/mol. The van der Waals surface area contributed by atoms with E-state index >= 15 is 0 Å². The Morgan fingerprint density at radius 3 is 2.45 bits per heavy atom. The van der Waals surface area contributed by atoms with Gasteiger partial charge in [0.05, 0.1) is 5.69 Å². The molecule has 0 saturated heterocycles. The van der Waals surface area contributed by atoms with Crippen molar-refractivity contribution in [3.63, 3.8) is 0 Å². The second-order valence-corrected chi connectivity index (χ2v) is 10.1. The number of nitrogens with zero attached hydrogens (tertiary/aromatic N) is 5. The van der Waals surface area contributed by atoms with Gasteiger partial charge in [0, 0.05) is 24.7 Å². The van der Waals surface area contributed by atoms with Crippen LogP contribution in [0.3, 0.4) is 0 Å². The lowest BCUT2D eigenvalue weighted by Gasteiger charge is -2.25. The number of nitriles is 1. The molecule has 2 aromatic heterocycles. The lowest BCUT2D eigenvalue weighted by Crippen LogP contribution is -2.42. The highest BCUT2D eigenvalue weighted by Gasteiger charge is 2.21. The van der Waals surface area contributed by atoms with E-state index < -0.39 is 17.1 Å². The van der Waals surface area contributed by atoms with Crippen LogP contribution in [0.2, 0.25) is 0 Å². The fraction of sp³-hybridized carbons (Fsp3) is 0.276. The lowest BCUT2D eigenvalue weighted by molar-refractivity contribution is -0.117. The Morgan fingerprint density at radius 1 is 1.12 bits per heavy atom. The van der Waals surface area contributed by atoms with Crippen molar-refractivity contribution in [2.24, 2.45) is 0 Å². The van der Waals surface area contributed by atoms with Crippen molar-refractivity contribution in [2.75, 3.05) is 12.3 Å². The van der Waals surface area contributed by atoms with Crippen LogP contribution in [-0.4, -0.2) is 43.1 Å². The minimum absolute atomic E-state index is 0.0164. The molecule has 2 aromatic carbocycles. The molecule has 0 aliphatic carbocycles. The Balaban J connectivity index is 1.57. The monoisotopic (exact) mass is 540 g/mol. The number of rotatable bonds is 10. The normalized spacial score (nSPS) is 11.9. The molecule has 0 spiro atoms. The molecule has 11 heteroatoms. The standard InChI is InChI=1S/C29H32N8O3/c1-19(2)35-29(3,4)16-20(17-30)27(38)32-14-15-36-26-24(25(31)33-18-34-26)37(28(36)39)21-10-12-23(13-11-21)40-22-8-6-5-7-9-22/h5-13,16,18-19,35H,14-15H2,1-4H3,(H,32,38)(H2,31,33,34). The van der Waals surface area contributed by atoms with Crippen LogP contribution < -0.4 is 26.8 Å². The number of hydrogen-bond donors (Lipinski definition) is 3. The number of nitrogen functional groups attached to an aromatic ring is 1. The van der Waals surface area contributed by atoms with Crippen molar-refractivity contribution in [2.45, 2.75) is 45.8 Å². The van der Waals surface area contributed by atoms with Gasteiger partial charge in [0.15, 0.2) is 11.5 Å². The first kappa shape index (κ1) is 28.1. The van der Waals surface area contributed by atoms with Gasteiger partial charge in [0.25, 0.3) is 5.91 Å². The number of benzene rings is 2. The summed E-state index contributed by atoms with van der Waals surface area (Å²) in [7, 11) is 0. The minimum atomic E-state index is -0.558. The maximum absolute atomic E-state index is 13.6. The zero-order valence-electron chi connectivity index (χ0n) is 22.9. The highest BCUT2D eigenvalue weighted by Crippen LogP contribution is 2.24. The molecule has 0 radical (unpaired) electrons. The molecule has 40 heavy (non-hydrogen) atoms. The molecule has 11 nitrogen and oxygen atoms in total. The summed E-state index contributed by atoms with van der Waals surface area (Å²) in [5, 5.41) is 15.6. The number of carbonyl (C=O) groups is 1. The summed E-state index contributed by atoms with van der Waals surface area (Å²) in [5.41, 5.74) is 6.43. The first-order chi connectivity index (χ1) is 19.1. The van der Waals surface area contributed by atoms with Gasteiger partial charge in [-0.1, -0.05) is 32.0 Å². The Kier molecular flexibility index (Phi) is 8.31. The molecule has 206 valence electrons. The third-order valence-electron chi connectivity index (χ3n) is 5.96. The van der Waals surface area contributed by atoms with Crippen LogP contribution in [0.15, 0.2) is 77.4 Å². The van der Waals surface area contributed by atoms with Crippen molar-refractivity contribution in [3.8, 4) is 23.3 Å². The van der Waals surface area contributed by atoms with Crippen LogP contribution in [0.25, 0.3) is 16.9 Å². The van der Waals surface area contributed by atoms with Crippen LogP contribution >= 0.6 is 0 Å². The van der Waals surface area contributed by atoms with Crippen molar-refractivity contribution in [1.29, 1.82) is 5.26 Å². The fourth-order valence-electron chi connectivity index (χ4n) is 4.50. The number of nitrogens with two attached hydrogens (primary N) is 1. The number of para-hydroxylation sites is 1. The van der Waals surface area contributed by atoms with Gasteiger partial charge in [-0.05, 0) is 56.3 Å². The minimum Gasteiger partial charge on any atom is -0.457 e. The average Bonchev–Trinajstić information content (AvgIpc) is 3.20. The van der Waals surface area contributed by atoms with Crippen LogP contribution in [0, 0.1) is 11.3 Å².